The highest BCUT2D eigenvalue weighted by molar-refractivity contribution is 7.92. The van der Waals surface area contributed by atoms with E-state index in [9.17, 15) is 13.2 Å². The van der Waals surface area contributed by atoms with Crippen LogP contribution in [0, 0.1) is 6.92 Å². The minimum absolute atomic E-state index is 0.0327. The van der Waals surface area contributed by atoms with Gasteiger partial charge in [-0.25, -0.2) is 8.42 Å². The number of nitrogens with one attached hydrogen (secondary N) is 2. The average Bonchev–Trinajstić information content (AvgIpc) is 2.69. The van der Waals surface area contributed by atoms with Crippen LogP contribution in [0.2, 0.25) is 5.02 Å². The van der Waals surface area contributed by atoms with E-state index in [1.165, 1.54) is 18.2 Å². The fourth-order valence-corrected chi connectivity index (χ4v) is 4.05. The molecule has 0 aliphatic heterocycles. The van der Waals surface area contributed by atoms with Gasteiger partial charge in [0.25, 0.3) is 15.9 Å². The fourth-order valence-electron chi connectivity index (χ4n) is 2.47. The SMILES string of the molecule is Cc1ccc(NS(=O)(=O)c2cc(C(=O)NCc3ccncc3)ccc2Cl)cc1. The van der Waals surface area contributed by atoms with Crippen molar-refractivity contribution in [2.45, 2.75) is 18.4 Å². The van der Waals surface area contributed by atoms with Crippen LogP contribution < -0.4 is 10.0 Å². The van der Waals surface area contributed by atoms with Crippen LogP contribution >= 0.6 is 11.6 Å². The summed E-state index contributed by atoms with van der Waals surface area (Å²) in [4.78, 5) is 16.2. The van der Waals surface area contributed by atoms with Gasteiger partial charge in [0.15, 0.2) is 0 Å². The lowest BCUT2D eigenvalue weighted by atomic mass is 10.2. The van der Waals surface area contributed by atoms with E-state index >= 15 is 0 Å². The summed E-state index contributed by atoms with van der Waals surface area (Å²) in [5.41, 5.74) is 2.50. The van der Waals surface area contributed by atoms with Crippen molar-refractivity contribution in [3.63, 3.8) is 0 Å². The Bertz CT molecular complexity index is 1090. The Morgan fingerprint density at radius 1 is 1.04 bits per heavy atom. The van der Waals surface area contributed by atoms with Gasteiger partial charge in [-0.2, -0.15) is 0 Å². The van der Waals surface area contributed by atoms with Crippen molar-refractivity contribution < 1.29 is 13.2 Å². The smallest absolute Gasteiger partial charge is 0.263 e. The number of pyridine rings is 1. The number of aromatic nitrogens is 1. The van der Waals surface area contributed by atoms with Gasteiger partial charge in [-0.05, 0) is 55.0 Å². The topological polar surface area (TPSA) is 88.2 Å². The Hall–Kier alpha value is -2.90. The molecule has 1 heterocycles. The first-order chi connectivity index (χ1) is 13.3. The maximum atomic E-state index is 12.7. The number of sulfonamides is 1. The summed E-state index contributed by atoms with van der Waals surface area (Å²) in [5, 5.41) is 2.78. The van der Waals surface area contributed by atoms with E-state index < -0.39 is 15.9 Å². The number of rotatable bonds is 6. The molecule has 144 valence electrons. The monoisotopic (exact) mass is 415 g/mol. The summed E-state index contributed by atoms with van der Waals surface area (Å²) < 4.78 is 27.9. The number of halogens is 1. The molecule has 3 rings (SSSR count). The highest BCUT2D eigenvalue weighted by Gasteiger charge is 2.20. The summed E-state index contributed by atoms with van der Waals surface area (Å²) in [5.74, 6) is -0.403. The molecule has 2 aromatic carbocycles. The van der Waals surface area contributed by atoms with Crippen molar-refractivity contribution in [3.8, 4) is 0 Å². The number of amides is 1. The van der Waals surface area contributed by atoms with Crippen molar-refractivity contribution in [1.82, 2.24) is 10.3 Å². The number of nitrogens with zero attached hydrogens (tertiary/aromatic N) is 1. The van der Waals surface area contributed by atoms with Crippen LogP contribution in [0.25, 0.3) is 0 Å². The molecule has 0 spiro atoms. The number of aryl methyl sites for hydroxylation is 1. The maximum absolute atomic E-state index is 12.7. The molecule has 0 unspecified atom stereocenters. The zero-order valence-corrected chi connectivity index (χ0v) is 16.6. The molecule has 0 atom stereocenters. The van der Waals surface area contributed by atoms with Crippen molar-refractivity contribution in [1.29, 1.82) is 0 Å². The number of anilines is 1. The molecule has 3 aromatic rings. The van der Waals surface area contributed by atoms with Crippen molar-refractivity contribution in [3.05, 3.63) is 88.7 Å². The standard InChI is InChI=1S/C20H18ClN3O3S/c1-14-2-5-17(6-3-14)24-28(26,27)19-12-16(4-7-18(19)21)20(25)23-13-15-8-10-22-11-9-15/h2-12,24H,13H2,1H3,(H,23,25). The summed E-state index contributed by atoms with van der Waals surface area (Å²) in [6.07, 6.45) is 3.26. The molecule has 1 aromatic heterocycles. The molecular formula is C20H18ClN3O3S. The Morgan fingerprint density at radius 3 is 2.39 bits per heavy atom. The molecule has 0 fully saturated rings. The third kappa shape index (κ3) is 4.88. The number of hydrogen-bond donors (Lipinski definition) is 2. The molecule has 0 saturated heterocycles. The number of carbonyl (C=O) groups is 1. The summed E-state index contributed by atoms with van der Waals surface area (Å²) in [6, 6.07) is 14.6. The van der Waals surface area contributed by atoms with Crippen LogP contribution in [0.5, 0.6) is 0 Å². The van der Waals surface area contributed by atoms with E-state index in [1.807, 2.05) is 6.92 Å². The zero-order valence-electron chi connectivity index (χ0n) is 15.0. The van der Waals surface area contributed by atoms with E-state index in [0.29, 0.717) is 12.2 Å². The van der Waals surface area contributed by atoms with Crippen LogP contribution in [-0.4, -0.2) is 19.3 Å². The quantitative estimate of drug-likeness (QED) is 0.641. The Morgan fingerprint density at radius 2 is 1.71 bits per heavy atom. The van der Waals surface area contributed by atoms with E-state index in [2.05, 4.69) is 15.0 Å². The first-order valence-corrected chi connectivity index (χ1v) is 10.3. The predicted molar refractivity (Wildman–Crippen MR) is 109 cm³/mol. The molecule has 8 heteroatoms. The van der Waals surface area contributed by atoms with Gasteiger partial charge in [0, 0.05) is 30.2 Å². The highest BCUT2D eigenvalue weighted by atomic mass is 35.5. The summed E-state index contributed by atoms with van der Waals surface area (Å²) in [7, 11) is -3.95. The molecule has 0 saturated carbocycles. The Balaban J connectivity index is 1.80. The molecule has 0 aliphatic carbocycles. The molecule has 0 aliphatic rings. The van der Waals surface area contributed by atoms with Crippen LogP contribution in [0.3, 0.4) is 0 Å². The Labute approximate surface area is 168 Å². The third-order valence-electron chi connectivity index (χ3n) is 3.99. The number of hydrogen-bond acceptors (Lipinski definition) is 4. The van der Waals surface area contributed by atoms with Crippen LogP contribution in [-0.2, 0) is 16.6 Å². The molecule has 28 heavy (non-hydrogen) atoms. The highest BCUT2D eigenvalue weighted by Crippen LogP contribution is 2.25. The van der Waals surface area contributed by atoms with Gasteiger partial charge >= 0.3 is 0 Å². The second kappa shape index (κ2) is 8.41. The van der Waals surface area contributed by atoms with Gasteiger partial charge in [0.2, 0.25) is 0 Å². The average molecular weight is 416 g/mol. The van der Waals surface area contributed by atoms with Gasteiger partial charge in [-0.15, -0.1) is 0 Å². The van der Waals surface area contributed by atoms with Gasteiger partial charge < -0.3 is 5.32 Å². The van der Waals surface area contributed by atoms with Crippen LogP contribution in [0.4, 0.5) is 5.69 Å². The van der Waals surface area contributed by atoms with Gasteiger partial charge in [0.05, 0.1) is 5.02 Å². The summed E-state index contributed by atoms with van der Waals surface area (Å²) >= 11 is 6.09. The lowest BCUT2D eigenvalue weighted by Crippen LogP contribution is -2.23. The minimum atomic E-state index is -3.95. The minimum Gasteiger partial charge on any atom is -0.348 e. The largest absolute Gasteiger partial charge is 0.348 e. The van der Waals surface area contributed by atoms with E-state index in [1.54, 1.807) is 48.8 Å². The van der Waals surface area contributed by atoms with Crippen LogP contribution in [0.15, 0.2) is 71.9 Å². The van der Waals surface area contributed by atoms with Gasteiger partial charge in [-0.1, -0.05) is 29.3 Å². The molecule has 2 N–H and O–H groups in total. The lowest BCUT2D eigenvalue weighted by Gasteiger charge is -2.12. The fraction of sp³-hybridized carbons (Fsp3) is 0.100. The number of benzene rings is 2. The molecule has 0 radical (unpaired) electrons. The lowest BCUT2D eigenvalue weighted by molar-refractivity contribution is 0.0950. The first-order valence-electron chi connectivity index (χ1n) is 8.41. The third-order valence-corrected chi connectivity index (χ3v) is 5.85. The number of carbonyl (C=O) groups excluding carboxylic acids is 1. The van der Waals surface area contributed by atoms with Gasteiger partial charge in [0.1, 0.15) is 4.90 Å². The summed E-state index contributed by atoms with van der Waals surface area (Å²) in [6.45, 7) is 2.21. The molecular weight excluding hydrogens is 398 g/mol. The molecule has 6 nitrogen and oxygen atoms in total. The molecule has 1 amide bonds. The second-order valence-electron chi connectivity index (χ2n) is 6.15. The van der Waals surface area contributed by atoms with Crippen molar-refractivity contribution in [2.24, 2.45) is 0 Å². The molecule has 0 bridgehead atoms. The van der Waals surface area contributed by atoms with Crippen LogP contribution in [0.1, 0.15) is 21.5 Å². The normalized spacial score (nSPS) is 11.1. The second-order valence-corrected chi connectivity index (χ2v) is 8.21. The van der Waals surface area contributed by atoms with E-state index in [-0.39, 0.29) is 15.5 Å². The maximum Gasteiger partial charge on any atom is 0.263 e. The van der Waals surface area contributed by atoms with Crippen molar-refractivity contribution in [2.75, 3.05) is 4.72 Å². The van der Waals surface area contributed by atoms with Gasteiger partial charge in [-0.3, -0.25) is 14.5 Å². The zero-order chi connectivity index (χ0) is 20.1. The van der Waals surface area contributed by atoms with E-state index in [0.717, 1.165) is 11.1 Å². The van der Waals surface area contributed by atoms with Crippen molar-refractivity contribution >= 4 is 33.2 Å². The first kappa shape index (κ1) is 19.9. The predicted octanol–water partition coefficient (Wildman–Crippen LogP) is 3.77. The Kier molecular flexibility index (Phi) is 5.96. The van der Waals surface area contributed by atoms with E-state index in [4.69, 9.17) is 11.6 Å².